The second-order valence-corrected chi connectivity index (χ2v) is 5.16. The third-order valence-corrected chi connectivity index (χ3v) is 3.58. The number of aromatic hydroxyl groups is 1. The highest BCUT2D eigenvalue weighted by Gasteiger charge is 2.08. The summed E-state index contributed by atoms with van der Waals surface area (Å²) in [5.74, 6) is 2.84. The van der Waals surface area contributed by atoms with Gasteiger partial charge in [0.2, 0.25) is 0 Å². The van der Waals surface area contributed by atoms with Gasteiger partial charge >= 0.3 is 0 Å². The lowest BCUT2D eigenvalue weighted by Crippen LogP contribution is -2.23. The molecule has 0 atom stereocenters. The maximum atomic E-state index is 11.9. The fourth-order valence-corrected chi connectivity index (χ4v) is 2.45. The monoisotopic (exact) mass is 305 g/mol. The molecule has 0 aliphatic rings. The minimum atomic E-state index is -0.162. The van der Waals surface area contributed by atoms with E-state index in [2.05, 4.69) is 15.9 Å². The summed E-state index contributed by atoms with van der Waals surface area (Å²) in [6.45, 7) is 0.978. The number of nitrogens with one attached hydrogen (secondary N) is 1. The maximum Gasteiger partial charge on any atom is 0.258 e. The van der Waals surface area contributed by atoms with Crippen molar-refractivity contribution in [3.63, 3.8) is 0 Å². The second kappa shape index (κ2) is 6.24. The SMILES string of the molecule is C#CCN(Cc1ccc2nc[nH]c(=O)c2c1)c1ccc(O)cc1. The van der Waals surface area contributed by atoms with Gasteiger partial charge in [0.15, 0.2) is 0 Å². The molecule has 0 radical (unpaired) electrons. The molecule has 0 saturated carbocycles. The molecule has 2 aromatic carbocycles. The van der Waals surface area contributed by atoms with Crippen LogP contribution in [0.3, 0.4) is 0 Å². The summed E-state index contributed by atoms with van der Waals surface area (Å²) < 4.78 is 0. The average molecular weight is 305 g/mol. The summed E-state index contributed by atoms with van der Waals surface area (Å²) in [5, 5.41) is 9.96. The normalized spacial score (nSPS) is 10.4. The number of phenolic OH excluding ortho intramolecular Hbond substituents is 1. The number of phenols is 1. The Morgan fingerprint density at radius 1 is 1.22 bits per heavy atom. The molecule has 3 aromatic rings. The average Bonchev–Trinajstić information content (AvgIpc) is 2.56. The highest BCUT2D eigenvalue weighted by atomic mass is 16.3. The molecule has 23 heavy (non-hydrogen) atoms. The summed E-state index contributed by atoms with van der Waals surface area (Å²) in [7, 11) is 0. The van der Waals surface area contributed by atoms with Gasteiger partial charge in [0.1, 0.15) is 5.75 Å². The van der Waals surface area contributed by atoms with Gasteiger partial charge in [0, 0.05) is 12.2 Å². The molecule has 1 aromatic heterocycles. The van der Waals surface area contributed by atoms with E-state index in [1.807, 2.05) is 35.2 Å². The molecule has 114 valence electrons. The summed E-state index contributed by atoms with van der Waals surface area (Å²) in [6.07, 6.45) is 6.85. The number of terminal acetylenes is 1. The number of aromatic nitrogens is 2. The van der Waals surface area contributed by atoms with Crippen molar-refractivity contribution in [2.45, 2.75) is 6.54 Å². The second-order valence-electron chi connectivity index (χ2n) is 5.16. The number of H-pyrrole nitrogens is 1. The van der Waals surface area contributed by atoms with Crippen LogP contribution in [0.2, 0.25) is 0 Å². The van der Waals surface area contributed by atoms with Crippen LogP contribution in [0.15, 0.2) is 53.6 Å². The van der Waals surface area contributed by atoms with Crippen LogP contribution in [-0.2, 0) is 6.54 Å². The quantitative estimate of drug-likeness (QED) is 0.726. The van der Waals surface area contributed by atoms with Crippen LogP contribution >= 0.6 is 0 Å². The predicted molar refractivity (Wildman–Crippen MR) is 90.4 cm³/mol. The van der Waals surface area contributed by atoms with Gasteiger partial charge in [-0.3, -0.25) is 4.79 Å². The number of hydrogen-bond acceptors (Lipinski definition) is 4. The van der Waals surface area contributed by atoms with Crippen LogP contribution in [-0.4, -0.2) is 21.6 Å². The molecule has 3 rings (SSSR count). The van der Waals surface area contributed by atoms with E-state index < -0.39 is 0 Å². The van der Waals surface area contributed by atoms with E-state index in [0.29, 0.717) is 24.0 Å². The zero-order valence-corrected chi connectivity index (χ0v) is 12.4. The lowest BCUT2D eigenvalue weighted by molar-refractivity contribution is 0.475. The third kappa shape index (κ3) is 3.16. The number of benzene rings is 2. The Hall–Kier alpha value is -3.26. The van der Waals surface area contributed by atoms with Crippen molar-refractivity contribution in [3.8, 4) is 18.1 Å². The topological polar surface area (TPSA) is 69.2 Å². The number of aromatic amines is 1. The van der Waals surface area contributed by atoms with Crippen molar-refractivity contribution >= 4 is 16.6 Å². The van der Waals surface area contributed by atoms with E-state index in [4.69, 9.17) is 6.42 Å². The molecule has 0 spiro atoms. The van der Waals surface area contributed by atoms with Crippen LogP contribution in [0, 0.1) is 12.3 Å². The van der Waals surface area contributed by atoms with Gasteiger partial charge in [-0.25, -0.2) is 4.98 Å². The molecule has 0 amide bonds. The number of hydrogen-bond donors (Lipinski definition) is 2. The van der Waals surface area contributed by atoms with Crippen molar-refractivity contribution in [1.29, 1.82) is 0 Å². The summed E-state index contributed by atoms with van der Waals surface area (Å²) >= 11 is 0. The standard InChI is InChI=1S/C18H15N3O2/c1-2-9-21(14-4-6-15(22)7-5-14)11-13-3-8-17-16(10-13)18(23)20-12-19-17/h1,3-8,10,12,22H,9,11H2,(H,19,20,23). The predicted octanol–water partition coefficient (Wildman–Crippen LogP) is 2.27. The first-order chi connectivity index (χ1) is 11.2. The molecular weight excluding hydrogens is 290 g/mol. The number of fused-ring (bicyclic) bond motifs is 1. The van der Waals surface area contributed by atoms with Crippen LogP contribution < -0.4 is 10.5 Å². The molecule has 0 aliphatic carbocycles. The van der Waals surface area contributed by atoms with E-state index in [0.717, 1.165) is 11.3 Å². The highest BCUT2D eigenvalue weighted by molar-refractivity contribution is 5.78. The van der Waals surface area contributed by atoms with Gasteiger partial charge in [0.25, 0.3) is 5.56 Å². The van der Waals surface area contributed by atoms with Crippen LogP contribution in [0.4, 0.5) is 5.69 Å². The van der Waals surface area contributed by atoms with Gasteiger partial charge in [-0.1, -0.05) is 12.0 Å². The first kappa shape index (κ1) is 14.7. The lowest BCUT2D eigenvalue weighted by Gasteiger charge is -2.22. The highest BCUT2D eigenvalue weighted by Crippen LogP contribution is 2.21. The van der Waals surface area contributed by atoms with E-state index in [1.165, 1.54) is 6.33 Å². The Kier molecular flexibility index (Phi) is 3.98. The fraction of sp³-hybridized carbons (Fsp3) is 0.111. The molecule has 1 heterocycles. The zero-order valence-electron chi connectivity index (χ0n) is 12.4. The van der Waals surface area contributed by atoms with Gasteiger partial charge in [-0.15, -0.1) is 6.42 Å². The van der Waals surface area contributed by atoms with E-state index >= 15 is 0 Å². The molecule has 0 bridgehead atoms. The molecule has 5 heteroatoms. The van der Waals surface area contributed by atoms with Gasteiger partial charge < -0.3 is 15.0 Å². The molecule has 0 aliphatic heterocycles. The summed E-state index contributed by atoms with van der Waals surface area (Å²) in [4.78, 5) is 20.6. The number of nitrogens with zero attached hydrogens (tertiary/aromatic N) is 2. The van der Waals surface area contributed by atoms with E-state index in [9.17, 15) is 9.90 Å². The van der Waals surface area contributed by atoms with Gasteiger partial charge in [-0.05, 0) is 42.0 Å². The van der Waals surface area contributed by atoms with Crippen molar-refractivity contribution in [3.05, 3.63) is 64.7 Å². The van der Waals surface area contributed by atoms with Crippen molar-refractivity contribution in [2.24, 2.45) is 0 Å². The first-order valence-corrected chi connectivity index (χ1v) is 7.11. The number of rotatable bonds is 4. The third-order valence-electron chi connectivity index (χ3n) is 3.58. The molecule has 0 unspecified atom stereocenters. The smallest absolute Gasteiger partial charge is 0.258 e. The summed E-state index contributed by atoms with van der Waals surface area (Å²) in [6, 6.07) is 12.4. The van der Waals surface area contributed by atoms with E-state index in [-0.39, 0.29) is 11.3 Å². The van der Waals surface area contributed by atoms with Crippen molar-refractivity contribution in [1.82, 2.24) is 9.97 Å². The Balaban J connectivity index is 1.94. The van der Waals surface area contributed by atoms with Crippen LogP contribution in [0.5, 0.6) is 5.75 Å². The van der Waals surface area contributed by atoms with E-state index in [1.54, 1.807) is 12.1 Å². The molecule has 5 nitrogen and oxygen atoms in total. The minimum Gasteiger partial charge on any atom is -0.508 e. The Morgan fingerprint density at radius 2 is 2.00 bits per heavy atom. The number of anilines is 1. The lowest BCUT2D eigenvalue weighted by atomic mass is 10.1. The van der Waals surface area contributed by atoms with Gasteiger partial charge in [-0.2, -0.15) is 0 Å². The molecule has 0 fully saturated rings. The fourth-order valence-electron chi connectivity index (χ4n) is 2.45. The first-order valence-electron chi connectivity index (χ1n) is 7.11. The molecule has 2 N–H and O–H groups in total. The van der Waals surface area contributed by atoms with Crippen LogP contribution in [0.25, 0.3) is 10.9 Å². The van der Waals surface area contributed by atoms with Crippen molar-refractivity contribution in [2.75, 3.05) is 11.4 Å². The molecule has 0 saturated heterocycles. The minimum absolute atomic E-state index is 0.162. The maximum absolute atomic E-state index is 11.9. The van der Waals surface area contributed by atoms with Gasteiger partial charge in [0.05, 0.1) is 23.8 Å². The summed E-state index contributed by atoms with van der Waals surface area (Å²) in [5.41, 5.74) is 2.36. The molecular formula is C18H15N3O2. The van der Waals surface area contributed by atoms with Crippen molar-refractivity contribution < 1.29 is 5.11 Å². The largest absolute Gasteiger partial charge is 0.508 e. The van der Waals surface area contributed by atoms with Crippen LogP contribution in [0.1, 0.15) is 5.56 Å². The Morgan fingerprint density at radius 3 is 2.74 bits per heavy atom. The Bertz CT molecular complexity index is 923. The Labute approximate surface area is 133 Å². The zero-order chi connectivity index (χ0) is 16.2.